The fourth-order valence-electron chi connectivity index (χ4n) is 2.53. The second-order valence-corrected chi connectivity index (χ2v) is 4.91. The van der Waals surface area contributed by atoms with Crippen molar-refractivity contribution >= 4 is 0 Å². The Morgan fingerprint density at radius 2 is 1.27 bits per heavy atom. The Kier molecular flexibility index (Phi) is 5.28. The van der Waals surface area contributed by atoms with Crippen LogP contribution in [0, 0.1) is 29.1 Å². The van der Waals surface area contributed by atoms with Gasteiger partial charge in [-0.1, -0.05) is 0 Å². The molecule has 0 bridgehead atoms. The van der Waals surface area contributed by atoms with Gasteiger partial charge in [0.05, 0.1) is 0 Å². The van der Waals surface area contributed by atoms with Gasteiger partial charge >= 0.3 is 0 Å². The minimum atomic E-state index is -2.95. The van der Waals surface area contributed by atoms with E-state index in [1.54, 1.807) is 0 Å². The molecule has 1 saturated heterocycles. The molecule has 1 atom stereocenters. The van der Waals surface area contributed by atoms with Crippen LogP contribution >= 0.6 is 0 Å². The fraction of sp³-hybridized carbons (Fsp3) is 0.538. The van der Waals surface area contributed by atoms with E-state index in [1.165, 1.54) is 4.90 Å². The van der Waals surface area contributed by atoms with E-state index in [0.717, 1.165) is 0 Å². The van der Waals surface area contributed by atoms with Gasteiger partial charge in [-0.15, -0.1) is 0 Å². The lowest BCUT2D eigenvalue weighted by Gasteiger charge is -2.35. The first-order valence-corrected chi connectivity index (χ1v) is 6.58. The molecule has 0 saturated carbocycles. The third kappa shape index (κ3) is 3.19. The molecular weight excluding hydrogens is 317 g/mol. The molecular formula is C13H13F7N2. The lowest BCUT2D eigenvalue weighted by Crippen LogP contribution is -2.46. The Balaban J connectivity index is 2.51. The molecule has 1 N–H and O–H groups in total. The van der Waals surface area contributed by atoms with Crippen LogP contribution < -0.4 is 5.32 Å². The van der Waals surface area contributed by atoms with Crippen LogP contribution in [0.5, 0.6) is 0 Å². The summed E-state index contributed by atoms with van der Waals surface area (Å²) in [6.45, 7) is 1.07. The maximum absolute atomic E-state index is 13.8. The molecule has 1 aliphatic rings. The zero-order chi connectivity index (χ0) is 16.4. The Morgan fingerprint density at radius 3 is 1.73 bits per heavy atom. The molecule has 1 heterocycles. The van der Waals surface area contributed by atoms with Crippen molar-refractivity contribution in [2.24, 2.45) is 0 Å². The van der Waals surface area contributed by atoms with Crippen LogP contribution in [0.1, 0.15) is 18.0 Å². The number of hydrogen-bond acceptors (Lipinski definition) is 2. The number of halogens is 7. The Bertz CT molecular complexity index is 515. The van der Waals surface area contributed by atoms with Crippen LogP contribution in [0.25, 0.3) is 0 Å². The van der Waals surface area contributed by atoms with Crippen LogP contribution in [0.3, 0.4) is 0 Å². The van der Waals surface area contributed by atoms with E-state index < -0.39 is 53.5 Å². The summed E-state index contributed by atoms with van der Waals surface area (Å²) in [6.07, 6.45) is -3.96. The minimum absolute atomic E-state index is 0.164. The van der Waals surface area contributed by atoms with Crippen molar-refractivity contribution in [1.29, 1.82) is 0 Å². The van der Waals surface area contributed by atoms with E-state index in [1.807, 2.05) is 0 Å². The summed E-state index contributed by atoms with van der Waals surface area (Å²) in [4.78, 5) is 1.29. The van der Waals surface area contributed by atoms with Crippen LogP contribution in [-0.2, 0) is 0 Å². The summed E-state index contributed by atoms with van der Waals surface area (Å²) >= 11 is 0. The van der Waals surface area contributed by atoms with Crippen molar-refractivity contribution in [3.05, 3.63) is 34.6 Å². The molecule has 2 rings (SSSR count). The Labute approximate surface area is 121 Å². The zero-order valence-corrected chi connectivity index (χ0v) is 11.3. The van der Waals surface area contributed by atoms with E-state index in [2.05, 4.69) is 5.32 Å². The van der Waals surface area contributed by atoms with Gasteiger partial charge in [0.15, 0.2) is 23.3 Å². The molecule has 0 amide bonds. The smallest absolute Gasteiger partial charge is 0.240 e. The first-order chi connectivity index (χ1) is 10.3. The van der Waals surface area contributed by atoms with Gasteiger partial charge < -0.3 is 5.32 Å². The molecule has 1 fully saturated rings. The van der Waals surface area contributed by atoms with Crippen molar-refractivity contribution in [2.45, 2.75) is 18.9 Å². The summed E-state index contributed by atoms with van der Waals surface area (Å²) < 4.78 is 92.8. The number of nitrogens with zero attached hydrogens (tertiary/aromatic N) is 1. The molecule has 0 spiro atoms. The number of piperazine rings is 1. The Hall–Kier alpha value is -1.35. The molecule has 0 unspecified atom stereocenters. The number of nitrogens with one attached hydrogen (secondary N) is 1. The molecule has 124 valence electrons. The first kappa shape index (κ1) is 17.0. The van der Waals surface area contributed by atoms with Crippen LogP contribution in [-0.4, -0.2) is 37.5 Å². The maximum atomic E-state index is 13.8. The van der Waals surface area contributed by atoms with Crippen LogP contribution in [0.2, 0.25) is 0 Å². The number of rotatable bonds is 4. The standard InChI is InChI=1S/C13H13F7N2/c14-7(15)5-6(22-3-1-21-2-4-22)8-9(16)11(18)13(20)12(19)10(8)17/h6-7,21H,1-5H2/t6-/m0/s1. The predicted molar refractivity (Wildman–Crippen MR) is 64.0 cm³/mol. The second kappa shape index (κ2) is 6.82. The highest BCUT2D eigenvalue weighted by atomic mass is 19.3. The Morgan fingerprint density at radius 1 is 0.818 bits per heavy atom. The molecule has 1 aromatic rings. The topological polar surface area (TPSA) is 15.3 Å². The van der Waals surface area contributed by atoms with Gasteiger partial charge in [-0.05, 0) is 0 Å². The lowest BCUT2D eigenvalue weighted by molar-refractivity contribution is 0.0700. The highest BCUT2D eigenvalue weighted by molar-refractivity contribution is 5.27. The maximum Gasteiger partial charge on any atom is 0.240 e. The second-order valence-electron chi connectivity index (χ2n) is 4.91. The summed E-state index contributed by atoms with van der Waals surface area (Å²) in [5, 5.41) is 2.91. The zero-order valence-electron chi connectivity index (χ0n) is 11.3. The van der Waals surface area contributed by atoms with E-state index in [0.29, 0.717) is 13.1 Å². The highest BCUT2D eigenvalue weighted by Gasteiger charge is 2.35. The third-order valence-corrected chi connectivity index (χ3v) is 3.57. The van der Waals surface area contributed by atoms with E-state index in [-0.39, 0.29) is 13.1 Å². The molecule has 9 heteroatoms. The molecule has 1 aromatic carbocycles. The van der Waals surface area contributed by atoms with Crippen molar-refractivity contribution in [3.63, 3.8) is 0 Å². The molecule has 1 aliphatic heterocycles. The average Bonchev–Trinajstić information content (AvgIpc) is 2.50. The van der Waals surface area contributed by atoms with Gasteiger partial charge in [0.1, 0.15) is 0 Å². The third-order valence-electron chi connectivity index (χ3n) is 3.57. The SMILES string of the molecule is Fc1c(F)c(F)c([C@H](CC(F)F)N2CCNCC2)c(F)c1F. The van der Waals surface area contributed by atoms with Gasteiger partial charge in [0.2, 0.25) is 12.2 Å². The fourth-order valence-corrected chi connectivity index (χ4v) is 2.53. The molecule has 22 heavy (non-hydrogen) atoms. The quantitative estimate of drug-likeness (QED) is 0.519. The normalized spacial score (nSPS) is 18.0. The largest absolute Gasteiger partial charge is 0.314 e. The first-order valence-electron chi connectivity index (χ1n) is 6.58. The van der Waals surface area contributed by atoms with Crippen LogP contribution in [0.15, 0.2) is 0 Å². The van der Waals surface area contributed by atoms with Gasteiger partial charge in [-0.2, -0.15) is 0 Å². The highest BCUT2D eigenvalue weighted by Crippen LogP contribution is 2.34. The van der Waals surface area contributed by atoms with Crippen molar-refractivity contribution < 1.29 is 30.7 Å². The average molecular weight is 330 g/mol. The monoisotopic (exact) mass is 330 g/mol. The molecule has 2 nitrogen and oxygen atoms in total. The summed E-state index contributed by atoms with van der Waals surface area (Å²) in [6, 6.07) is -1.58. The molecule has 0 aromatic heterocycles. The van der Waals surface area contributed by atoms with Crippen molar-refractivity contribution in [3.8, 4) is 0 Å². The van der Waals surface area contributed by atoms with Crippen LogP contribution in [0.4, 0.5) is 30.7 Å². The molecule has 0 radical (unpaired) electrons. The van der Waals surface area contributed by atoms with E-state index in [9.17, 15) is 30.7 Å². The van der Waals surface area contributed by atoms with Gasteiger partial charge in [-0.25, -0.2) is 30.7 Å². The summed E-state index contributed by atoms with van der Waals surface area (Å²) in [5.41, 5.74) is -1.20. The van der Waals surface area contributed by atoms with Gasteiger partial charge in [-0.3, -0.25) is 4.90 Å². The predicted octanol–water partition coefficient (Wildman–Crippen LogP) is 2.98. The number of benzene rings is 1. The van der Waals surface area contributed by atoms with E-state index in [4.69, 9.17) is 0 Å². The molecule has 0 aliphatic carbocycles. The lowest BCUT2D eigenvalue weighted by atomic mass is 9.99. The van der Waals surface area contributed by atoms with E-state index >= 15 is 0 Å². The summed E-state index contributed by atoms with van der Waals surface area (Å²) in [5.74, 6) is -10.7. The summed E-state index contributed by atoms with van der Waals surface area (Å²) in [7, 11) is 0. The van der Waals surface area contributed by atoms with Gasteiger partial charge in [0, 0.05) is 44.2 Å². The minimum Gasteiger partial charge on any atom is -0.314 e. The number of alkyl halides is 2. The number of hydrogen-bond donors (Lipinski definition) is 1. The van der Waals surface area contributed by atoms with Gasteiger partial charge in [0.25, 0.3) is 0 Å². The van der Waals surface area contributed by atoms with Crippen molar-refractivity contribution in [2.75, 3.05) is 26.2 Å². The van der Waals surface area contributed by atoms with Crippen molar-refractivity contribution in [1.82, 2.24) is 10.2 Å².